The molecule has 4 rings (SSSR count). The zero-order valence-electron chi connectivity index (χ0n) is 17.2. The van der Waals surface area contributed by atoms with Crippen molar-refractivity contribution in [1.29, 1.82) is 0 Å². The van der Waals surface area contributed by atoms with E-state index in [9.17, 15) is 4.79 Å². The molecule has 0 spiro atoms. The van der Waals surface area contributed by atoms with Crippen LogP contribution in [0.2, 0.25) is 0 Å². The van der Waals surface area contributed by atoms with E-state index in [4.69, 9.17) is 0 Å². The molecule has 0 atom stereocenters. The van der Waals surface area contributed by atoms with E-state index >= 15 is 0 Å². The van der Waals surface area contributed by atoms with Crippen molar-refractivity contribution in [2.45, 2.75) is 65.5 Å². The van der Waals surface area contributed by atoms with Crippen molar-refractivity contribution < 1.29 is 4.79 Å². The van der Waals surface area contributed by atoms with Crippen molar-refractivity contribution in [2.75, 3.05) is 13.1 Å². The lowest BCUT2D eigenvalue weighted by atomic mass is 9.87. The van der Waals surface area contributed by atoms with E-state index in [1.807, 2.05) is 11.6 Å². The third-order valence-corrected chi connectivity index (χ3v) is 6.46. The summed E-state index contributed by atoms with van der Waals surface area (Å²) in [4.78, 5) is 15.2. The van der Waals surface area contributed by atoms with E-state index in [1.54, 1.807) is 0 Å². The van der Waals surface area contributed by atoms with Gasteiger partial charge >= 0.3 is 0 Å². The summed E-state index contributed by atoms with van der Waals surface area (Å²) in [5.74, 6) is 0.675. The Morgan fingerprint density at radius 1 is 1.25 bits per heavy atom. The van der Waals surface area contributed by atoms with Crippen LogP contribution in [0.1, 0.15) is 66.8 Å². The molecular formula is C22H31N5O. The summed E-state index contributed by atoms with van der Waals surface area (Å²) in [6.45, 7) is 9.53. The number of nitrogens with zero attached hydrogens (tertiary/aromatic N) is 4. The zero-order chi connectivity index (χ0) is 19.7. The van der Waals surface area contributed by atoms with Crippen molar-refractivity contribution in [1.82, 2.24) is 25.2 Å². The number of rotatable bonds is 4. The second-order valence-corrected chi connectivity index (χ2v) is 8.40. The number of hydrogen-bond donors (Lipinski definition) is 1. The molecule has 6 nitrogen and oxygen atoms in total. The minimum Gasteiger partial charge on any atom is -0.348 e. The summed E-state index contributed by atoms with van der Waals surface area (Å²) in [6.07, 6.45) is 5.48. The molecule has 0 unspecified atom stereocenters. The van der Waals surface area contributed by atoms with Gasteiger partial charge in [-0.15, -0.1) is 5.10 Å². The molecule has 1 aliphatic heterocycles. The minimum atomic E-state index is -0.0924. The molecule has 2 aliphatic rings. The lowest BCUT2D eigenvalue weighted by molar-refractivity contribution is 0.0917. The highest BCUT2D eigenvalue weighted by Gasteiger charge is 2.25. The van der Waals surface area contributed by atoms with Crippen LogP contribution in [-0.4, -0.2) is 44.9 Å². The number of amides is 1. The Kier molecular flexibility index (Phi) is 5.49. The Hall–Kier alpha value is -2.21. The number of carbonyl (C=O) groups is 1. The van der Waals surface area contributed by atoms with Gasteiger partial charge in [-0.3, -0.25) is 9.69 Å². The van der Waals surface area contributed by atoms with Gasteiger partial charge in [0.05, 0.1) is 11.4 Å². The molecule has 6 heteroatoms. The molecule has 2 heterocycles. The largest absolute Gasteiger partial charge is 0.348 e. The topological polar surface area (TPSA) is 63.1 Å². The van der Waals surface area contributed by atoms with Crippen LogP contribution in [0, 0.1) is 12.8 Å². The normalized spacial score (nSPS) is 22.7. The van der Waals surface area contributed by atoms with Gasteiger partial charge in [0.25, 0.3) is 5.91 Å². The molecule has 1 aliphatic carbocycles. The SMILES string of the molecule is CCN1CCc2c(cccc2-n2nnc(C(=O)NC3CCC(C)CC3)c2C)C1. The summed E-state index contributed by atoms with van der Waals surface area (Å²) >= 11 is 0. The van der Waals surface area contributed by atoms with Gasteiger partial charge in [0.2, 0.25) is 0 Å². The van der Waals surface area contributed by atoms with Crippen LogP contribution in [0.4, 0.5) is 0 Å². The molecule has 1 amide bonds. The highest BCUT2D eigenvalue weighted by atomic mass is 16.2. The Balaban J connectivity index is 1.55. The Labute approximate surface area is 167 Å². The average Bonchev–Trinajstić information content (AvgIpc) is 3.10. The van der Waals surface area contributed by atoms with Gasteiger partial charge in [0.15, 0.2) is 5.69 Å². The van der Waals surface area contributed by atoms with Gasteiger partial charge in [0, 0.05) is 19.1 Å². The van der Waals surface area contributed by atoms with Gasteiger partial charge in [-0.2, -0.15) is 0 Å². The van der Waals surface area contributed by atoms with Crippen LogP contribution in [0.15, 0.2) is 18.2 Å². The Bertz CT molecular complexity index is 851. The maximum atomic E-state index is 12.8. The summed E-state index contributed by atoms with van der Waals surface area (Å²) in [5.41, 5.74) is 5.00. The molecule has 1 aromatic carbocycles. The van der Waals surface area contributed by atoms with Gasteiger partial charge < -0.3 is 5.32 Å². The number of fused-ring (bicyclic) bond motifs is 1. The Morgan fingerprint density at radius 2 is 2.04 bits per heavy atom. The third-order valence-electron chi connectivity index (χ3n) is 6.46. The Morgan fingerprint density at radius 3 is 2.79 bits per heavy atom. The summed E-state index contributed by atoms with van der Waals surface area (Å²) < 4.78 is 1.85. The highest BCUT2D eigenvalue weighted by Crippen LogP contribution is 2.27. The molecule has 0 radical (unpaired) electrons. The first-order chi connectivity index (χ1) is 13.6. The van der Waals surface area contributed by atoms with Crippen molar-refractivity contribution in [3.8, 4) is 5.69 Å². The fourth-order valence-corrected chi connectivity index (χ4v) is 4.54. The molecule has 150 valence electrons. The number of likely N-dealkylation sites (N-methyl/N-ethyl adjacent to an activating group) is 1. The molecule has 2 aromatic rings. The summed E-state index contributed by atoms with van der Waals surface area (Å²) in [6, 6.07) is 6.63. The fraction of sp³-hybridized carbons (Fsp3) is 0.591. The maximum absolute atomic E-state index is 12.8. The van der Waals surface area contributed by atoms with E-state index in [-0.39, 0.29) is 11.9 Å². The van der Waals surface area contributed by atoms with Gasteiger partial charge in [0.1, 0.15) is 0 Å². The predicted octanol–water partition coefficient (Wildman–Crippen LogP) is 3.26. The molecular weight excluding hydrogens is 350 g/mol. The van der Waals surface area contributed by atoms with Crippen molar-refractivity contribution >= 4 is 5.91 Å². The van der Waals surface area contributed by atoms with Gasteiger partial charge in [-0.25, -0.2) is 4.68 Å². The van der Waals surface area contributed by atoms with E-state index < -0.39 is 0 Å². The zero-order valence-corrected chi connectivity index (χ0v) is 17.2. The van der Waals surface area contributed by atoms with Crippen LogP contribution < -0.4 is 5.32 Å². The fourth-order valence-electron chi connectivity index (χ4n) is 4.54. The molecule has 28 heavy (non-hydrogen) atoms. The number of benzene rings is 1. The van der Waals surface area contributed by atoms with Gasteiger partial charge in [-0.1, -0.05) is 31.2 Å². The first-order valence-electron chi connectivity index (χ1n) is 10.6. The van der Waals surface area contributed by atoms with Gasteiger partial charge in [-0.05, 0) is 68.7 Å². The van der Waals surface area contributed by atoms with E-state index in [0.717, 1.165) is 56.2 Å². The lowest BCUT2D eigenvalue weighted by Crippen LogP contribution is -2.37. The molecule has 1 fully saturated rings. The molecule has 1 N–H and O–H groups in total. The van der Waals surface area contributed by atoms with E-state index in [0.29, 0.717) is 5.69 Å². The predicted molar refractivity (Wildman–Crippen MR) is 110 cm³/mol. The minimum absolute atomic E-state index is 0.0924. The molecule has 1 aromatic heterocycles. The first-order valence-corrected chi connectivity index (χ1v) is 10.6. The van der Waals surface area contributed by atoms with Crippen LogP contribution in [0.3, 0.4) is 0 Å². The van der Waals surface area contributed by atoms with Crippen molar-refractivity contribution in [3.63, 3.8) is 0 Å². The molecule has 0 bridgehead atoms. The van der Waals surface area contributed by atoms with Crippen LogP contribution >= 0.6 is 0 Å². The smallest absolute Gasteiger partial charge is 0.273 e. The summed E-state index contributed by atoms with van der Waals surface area (Å²) in [5, 5.41) is 11.8. The number of carbonyl (C=O) groups excluding carboxylic acids is 1. The maximum Gasteiger partial charge on any atom is 0.273 e. The van der Waals surface area contributed by atoms with Crippen molar-refractivity contribution in [3.05, 3.63) is 40.7 Å². The molecule has 1 saturated carbocycles. The van der Waals surface area contributed by atoms with Crippen LogP contribution in [0.5, 0.6) is 0 Å². The monoisotopic (exact) mass is 381 g/mol. The second kappa shape index (κ2) is 8.03. The van der Waals surface area contributed by atoms with Crippen LogP contribution in [-0.2, 0) is 13.0 Å². The standard InChI is InChI=1S/C22H31N5O/c1-4-26-13-12-19-17(14-26)6-5-7-20(19)27-16(3)21(24-25-27)22(28)23-18-10-8-15(2)9-11-18/h5-7,15,18H,4,8-14H2,1-3H3,(H,23,28). The van der Waals surface area contributed by atoms with Crippen molar-refractivity contribution in [2.24, 2.45) is 5.92 Å². The molecule has 0 saturated heterocycles. The number of aromatic nitrogens is 3. The number of nitrogens with one attached hydrogen (secondary N) is 1. The average molecular weight is 382 g/mol. The second-order valence-electron chi connectivity index (χ2n) is 8.40. The third kappa shape index (κ3) is 3.70. The quantitative estimate of drug-likeness (QED) is 0.883. The highest BCUT2D eigenvalue weighted by molar-refractivity contribution is 5.93. The number of hydrogen-bond acceptors (Lipinski definition) is 4. The summed E-state index contributed by atoms with van der Waals surface area (Å²) in [7, 11) is 0. The van der Waals surface area contributed by atoms with Crippen LogP contribution in [0.25, 0.3) is 5.69 Å². The lowest BCUT2D eigenvalue weighted by Gasteiger charge is -2.29. The van der Waals surface area contributed by atoms with E-state index in [2.05, 4.69) is 52.6 Å². The van der Waals surface area contributed by atoms with E-state index in [1.165, 1.54) is 24.0 Å². The first kappa shape index (κ1) is 19.1.